The molecule has 3 aromatic rings. The van der Waals surface area contributed by atoms with Gasteiger partial charge in [-0.05, 0) is 42.3 Å². The number of hydrogen-bond acceptors (Lipinski definition) is 3. The molecule has 2 aromatic carbocycles. The first-order chi connectivity index (χ1) is 13.1. The Labute approximate surface area is 162 Å². The van der Waals surface area contributed by atoms with Crippen molar-refractivity contribution < 1.29 is 14.3 Å². The monoisotopic (exact) mass is 384 g/mol. The number of methoxy groups -OCH3 is 1. The molecule has 140 valence electrons. The highest BCUT2D eigenvalue weighted by atomic mass is 35.5. The van der Waals surface area contributed by atoms with Gasteiger partial charge in [0.05, 0.1) is 24.2 Å². The van der Waals surface area contributed by atoms with Crippen molar-refractivity contribution in [1.29, 1.82) is 0 Å². The van der Waals surface area contributed by atoms with Gasteiger partial charge in [-0.1, -0.05) is 30.7 Å². The highest BCUT2D eigenvalue weighted by molar-refractivity contribution is 6.36. The van der Waals surface area contributed by atoms with E-state index in [1.807, 2.05) is 47.0 Å². The lowest BCUT2D eigenvalue weighted by Crippen LogP contribution is -2.31. The van der Waals surface area contributed by atoms with E-state index in [-0.39, 0.29) is 12.0 Å². The van der Waals surface area contributed by atoms with Crippen LogP contribution in [0.1, 0.15) is 29.4 Å². The molecule has 1 atom stereocenters. The maximum absolute atomic E-state index is 12.9. The lowest BCUT2D eigenvalue weighted by Gasteiger charge is -2.26. The second kappa shape index (κ2) is 7.16. The van der Waals surface area contributed by atoms with Gasteiger partial charge in [0, 0.05) is 11.9 Å². The third kappa shape index (κ3) is 3.23. The predicted octanol–water partition coefficient (Wildman–Crippen LogP) is 4.40. The predicted molar refractivity (Wildman–Crippen MR) is 106 cm³/mol. The summed E-state index contributed by atoms with van der Waals surface area (Å²) in [4.78, 5) is 12.9. The van der Waals surface area contributed by atoms with E-state index in [0.29, 0.717) is 23.8 Å². The normalized spacial score (nSPS) is 15.4. The van der Waals surface area contributed by atoms with Crippen molar-refractivity contribution in [2.24, 2.45) is 0 Å². The van der Waals surface area contributed by atoms with Gasteiger partial charge in [0.1, 0.15) is 23.3 Å². The number of aromatic nitrogens is 1. The summed E-state index contributed by atoms with van der Waals surface area (Å²) in [5, 5.41) is 4.46. The summed E-state index contributed by atoms with van der Waals surface area (Å²) < 4.78 is 13.3. The largest absolute Gasteiger partial charge is 0.497 e. The molecule has 5 nitrogen and oxygen atoms in total. The first-order valence-corrected chi connectivity index (χ1v) is 9.38. The van der Waals surface area contributed by atoms with Crippen LogP contribution in [-0.4, -0.2) is 23.7 Å². The molecule has 27 heavy (non-hydrogen) atoms. The Hall–Kier alpha value is -2.66. The van der Waals surface area contributed by atoms with Crippen LogP contribution in [0.5, 0.6) is 11.5 Å². The van der Waals surface area contributed by atoms with Crippen molar-refractivity contribution in [2.45, 2.75) is 32.5 Å². The van der Waals surface area contributed by atoms with Gasteiger partial charge >= 0.3 is 0 Å². The van der Waals surface area contributed by atoms with Gasteiger partial charge in [-0.25, -0.2) is 0 Å². The van der Waals surface area contributed by atoms with Gasteiger partial charge in [-0.2, -0.15) is 0 Å². The fraction of sp³-hybridized carbons (Fsp3) is 0.286. The third-order valence-corrected chi connectivity index (χ3v) is 5.25. The molecule has 1 N–H and O–H groups in total. The van der Waals surface area contributed by atoms with E-state index in [1.54, 1.807) is 7.11 Å². The number of hydrogen-bond donors (Lipinski definition) is 1. The first-order valence-electron chi connectivity index (χ1n) is 9.00. The number of carbonyl (C=O) groups is 1. The van der Waals surface area contributed by atoms with Crippen LogP contribution >= 0.6 is 11.6 Å². The molecule has 1 aliphatic rings. The van der Waals surface area contributed by atoms with E-state index >= 15 is 0 Å². The fourth-order valence-corrected chi connectivity index (χ4v) is 3.68. The molecule has 0 radical (unpaired) electrons. The summed E-state index contributed by atoms with van der Waals surface area (Å²) in [5.41, 5.74) is 2.47. The summed E-state index contributed by atoms with van der Waals surface area (Å²) in [7, 11) is 1.63. The molecule has 0 saturated heterocycles. The Morgan fingerprint density at radius 2 is 2.19 bits per heavy atom. The summed E-state index contributed by atoms with van der Waals surface area (Å²) in [6, 6.07) is 13.2. The second-order valence-electron chi connectivity index (χ2n) is 6.63. The molecule has 1 unspecified atom stereocenters. The van der Waals surface area contributed by atoms with Crippen molar-refractivity contribution in [3.05, 3.63) is 58.7 Å². The number of ether oxygens (including phenoxy) is 2. The lowest BCUT2D eigenvalue weighted by molar-refractivity contribution is 0.0935. The zero-order chi connectivity index (χ0) is 19.0. The van der Waals surface area contributed by atoms with Crippen LogP contribution in [0.25, 0.3) is 10.9 Å². The number of amides is 1. The minimum absolute atomic E-state index is 0.0409. The Morgan fingerprint density at radius 3 is 2.96 bits per heavy atom. The van der Waals surface area contributed by atoms with E-state index in [4.69, 9.17) is 21.1 Å². The van der Waals surface area contributed by atoms with Gasteiger partial charge < -0.3 is 19.4 Å². The highest BCUT2D eigenvalue weighted by Gasteiger charge is 2.26. The topological polar surface area (TPSA) is 52.5 Å². The van der Waals surface area contributed by atoms with Crippen LogP contribution in [0.3, 0.4) is 0 Å². The Morgan fingerprint density at radius 1 is 1.33 bits per heavy atom. The van der Waals surface area contributed by atoms with E-state index < -0.39 is 0 Å². The number of nitrogens with zero attached hydrogens (tertiary/aromatic N) is 1. The molecule has 1 amide bonds. The van der Waals surface area contributed by atoms with Gasteiger partial charge in [0.25, 0.3) is 5.91 Å². The van der Waals surface area contributed by atoms with Gasteiger partial charge in [-0.15, -0.1) is 0 Å². The number of halogens is 1. The molecule has 0 bridgehead atoms. The fourth-order valence-electron chi connectivity index (χ4n) is 3.48. The second-order valence-corrected chi connectivity index (χ2v) is 7.04. The lowest BCUT2D eigenvalue weighted by atomic mass is 10.2. The van der Waals surface area contributed by atoms with Crippen LogP contribution in [0.4, 0.5) is 0 Å². The molecular weight excluding hydrogens is 364 g/mol. The summed E-state index contributed by atoms with van der Waals surface area (Å²) in [6.45, 7) is 3.13. The third-order valence-electron chi connectivity index (χ3n) is 4.92. The summed E-state index contributed by atoms with van der Waals surface area (Å²) in [5.74, 6) is 1.41. The molecule has 2 heterocycles. The smallest absolute Gasteiger partial charge is 0.268 e. The van der Waals surface area contributed by atoms with Crippen LogP contribution in [0.15, 0.2) is 42.5 Å². The minimum Gasteiger partial charge on any atom is -0.497 e. The Balaban J connectivity index is 1.64. The van der Waals surface area contributed by atoms with Crippen molar-refractivity contribution in [2.75, 3.05) is 7.11 Å². The molecule has 1 aliphatic heterocycles. The quantitative estimate of drug-likeness (QED) is 0.709. The molecule has 0 fully saturated rings. The molecular formula is C21H21ClN2O3. The summed E-state index contributed by atoms with van der Waals surface area (Å²) in [6.07, 6.45) is 0.909. The molecule has 6 heteroatoms. The number of benzene rings is 2. The van der Waals surface area contributed by atoms with Crippen molar-refractivity contribution in [1.82, 2.24) is 9.88 Å². The van der Waals surface area contributed by atoms with E-state index in [1.165, 1.54) is 0 Å². The summed E-state index contributed by atoms with van der Waals surface area (Å²) >= 11 is 6.36. The van der Waals surface area contributed by atoms with Gasteiger partial charge in [0.15, 0.2) is 0 Å². The number of rotatable bonds is 5. The minimum atomic E-state index is -0.132. The van der Waals surface area contributed by atoms with Crippen molar-refractivity contribution in [3.63, 3.8) is 0 Å². The van der Waals surface area contributed by atoms with Crippen LogP contribution in [0, 0.1) is 0 Å². The van der Waals surface area contributed by atoms with Gasteiger partial charge in [-0.3, -0.25) is 4.79 Å². The maximum Gasteiger partial charge on any atom is 0.268 e. The first kappa shape index (κ1) is 17.7. The molecule has 0 saturated carbocycles. The maximum atomic E-state index is 12.9. The molecule has 1 aromatic heterocycles. The Bertz CT molecular complexity index is 1010. The standard InChI is InChI=1S/C21H21ClN2O3/c1-3-14-12-24-18(10-16-17(22)7-8-19(27-14)20(16)24)21(25)23-11-13-5-4-6-15(9-13)26-2/h4-10,14H,3,11-12H2,1-2H3,(H,23,25). The van der Waals surface area contributed by atoms with Crippen LogP contribution in [-0.2, 0) is 13.1 Å². The SMILES string of the molecule is CCC1Cn2c(C(=O)NCc3cccc(OC)c3)cc3c(Cl)ccc(c32)O1. The zero-order valence-corrected chi connectivity index (χ0v) is 16.0. The Kier molecular flexibility index (Phi) is 4.70. The van der Waals surface area contributed by atoms with E-state index in [0.717, 1.165) is 34.4 Å². The zero-order valence-electron chi connectivity index (χ0n) is 15.3. The van der Waals surface area contributed by atoms with Crippen LogP contribution < -0.4 is 14.8 Å². The molecule has 4 rings (SSSR count). The van der Waals surface area contributed by atoms with Crippen molar-refractivity contribution >= 4 is 28.4 Å². The highest BCUT2D eigenvalue weighted by Crippen LogP contribution is 2.38. The average Bonchev–Trinajstić information content (AvgIpc) is 3.10. The van der Waals surface area contributed by atoms with Crippen LogP contribution in [0.2, 0.25) is 5.02 Å². The number of nitrogens with one attached hydrogen (secondary N) is 1. The van der Waals surface area contributed by atoms with Crippen molar-refractivity contribution in [3.8, 4) is 11.5 Å². The average molecular weight is 385 g/mol. The van der Waals surface area contributed by atoms with Gasteiger partial charge in [0.2, 0.25) is 0 Å². The molecule has 0 aliphatic carbocycles. The van der Waals surface area contributed by atoms with E-state index in [9.17, 15) is 4.79 Å². The molecule has 0 spiro atoms. The number of carbonyl (C=O) groups excluding carboxylic acids is 1. The van der Waals surface area contributed by atoms with E-state index in [2.05, 4.69) is 12.2 Å².